The number of imidazole rings is 1. The van der Waals surface area contributed by atoms with Crippen LogP contribution in [0.4, 0.5) is 11.6 Å². The smallest absolute Gasteiger partial charge is 0.372 e. The molecule has 0 aromatic carbocycles. The lowest BCUT2D eigenvalue weighted by molar-refractivity contribution is 1.29. The molecule has 6 heteroatoms. The Hall–Kier alpha value is -0.790. The highest BCUT2D eigenvalue weighted by Crippen LogP contribution is 2.32. The van der Waals surface area contributed by atoms with Gasteiger partial charge in [0.2, 0.25) is 0 Å². The Morgan fingerprint density at radius 1 is 1.45 bits per heavy atom. The number of hydrogen-bond acceptors (Lipinski definition) is 1. The Balaban J connectivity index is 3.45. The third-order valence-electron chi connectivity index (χ3n) is 0.958. The lowest BCUT2D eigenvalue weighted by Gasteiger charge is -1.85. The molecule has 0 radical (unpaired) electrons. The normalized spacial score (nSPS) is 8.73. The van der Waals surface area contributed by atoms with Crippen LogP contribution >= 0.6 is 34.5 Å². The van der Waals surface area contributed by atoms with Gasteiger partial charge in [-0.15, -0.1) is 0 Å². The molecule has 0 bridgehead atoms. The van der Waals surface area contributed by atoms with Crippen molar-refractivity contribution in [1.29, 1.82) is 0 Å². The molecule has 54 valence electrons. The first-order valence-corrected chi connectivity index (χ1v) is 3.74. The summed E-state index contributed by atoms with van der Waals surface area (Å²) >= 11 is 7.36. The fourth-order valence-electron chi connectivity index (χ4n) is 0.525. The summed E-state index contributed by atoms with van der Waals surface area (Å²) in [7, 11) is 0. The molecule has 1 rings (SSSR count). The first kappa shape index (κ1) is 8.31. The summed E-state index contributed by atoms with van der Waals surface area (Å²) in [4.78, 5) is 9.80. The molecule has 0 saturated carbocycles. The van der Waals surface area contributed by atoms with Crippen molar-refractivity contribution in [1.82, 2.24) is 7.76 Å². The van der Waals surface area contributed by atoms with E-state index in [0.717, 1.165) is 0 Å². The maximum atomic E-state index is 6.70. The van der Waals surface area contributed by atoms with Gasteiger partial charge in [0.15, 0.2) is 22.9 Å². The van der Waals surface area contributed by atoms with Gasteiger partial charge in [-0.3, -0.25) is 0 Å². The van der Waals surface area contributed by atoms with Crippen molar-refractivity contribution in [2.75, 3.05) is 0 Å². The van der Waals surface area contributed by atoms with E-state index in [1.54, 1.807) is 0 Å². The van der Waals surface area contributed by atoms with E-state index in [4.69, 9.17) is 24.7 Å². The summed E-state index contributed by atoms with van der Waals surface area (Å²) < 4.78 is 1.35. The van der Waals surface area contributed by atoms with Crippen molar-refractivity contribution in [3.8, 4) is 0 Å². The van der Waals surface area contributed by atoms with Crippen LogP contribution in [0.3, 0.4) is 0 Å². The molecule has 0 fully saturated rings. The molecule has 0 unspecified atom stereocenters. The zero-order valence-corrected chi connectivity index (χ0v) is 7.96. The van der Waals surface area contributed by atoms with Crippen LogP contribution in [0.2, 0.25) is 5.28 Å². The largest absolute Gasteiger partial charge is 0.376 e. The maximum Gasteiger partial charge on any atom is 0.376 e. The zero-order chi connectivity index (χ0) is 8.43. The minimum atomic E-state index is 0.0550. The van der Waals surface area contributed by atoms with Crippen molar-refractivity contribution in [2.24, 2.45) is 0 Å². The van der Waals surface area contributed by atoms with Crippen molar-refractivity contribution in [2.45, 2.75) is 0 Å². The van der Waals surface area contributed by atoms with Crippen LogP contribution in [-0.4, -0.2) is 7.76 Å². The van der Waals surface area contributed by atoms with E-state index in [1.165, 1.54) is 2.78 Å². The predicted molar refractivity (Wildman–Crippen MR) is 49.2 cm³/mol. The third-order valence-corrected chi connectivity index (χ3v) is 2.41. The van der Waals surface area contributed by atoms with Gasteiger partial charge in [-0.25, -0.2) is 0 Å². The van der Waals surface area contributed by atoms with Gasteiger partial charge in [0.05, 0.1) is 0 Å². The Labute approximate surface area is 81.9 Å². The summed E-state index contributed by atoms with van der Waals surface area (Å²) in [5.41, 5.74) is 0. The first-order valence-electron chi connectivity index (χ1n) is 2.40. The highest BCUT2D eigenvalue weighted by molar-refractivity contribution is 14.1. The van der Waals surface area contributed by atoms with E-state index in [-0.39, 0.29) is 16.9 Å². The van der Waals surface area contributed by atoms with Gasteiger partial charge < -0.3 is 9.69 Å². The van der Waals surface area contributed by atoms with Crippen molar-refractivity contribution >= 4 is 46.1 Å². The van der Waals surface area contributed by atoms with Crippen LogP contribution in [0.1, 0.15) is 0 Å². The molecule has 0 atom stereocenters. The van der Waals surface area contributed by atoms with Gasteiger partial charge in [0.1, 0.15) is 0 Å². The second kappa shape index (κ2) is 3.07. The lowest BCUT2D eigenvalue weighted by Crippen LogP contribution is -1.73. The minimum absolute atomic E-state index is 0.0550. The molecule has 1 aromatic rings. The molecule has 0 spiro atoms. The van der Waals surface area contributed by atoms with Crippen molar-refractivity contribution in [3.63, 3.8) is 0 Å². The molecule has 1 heterocycles. The summed E-state index contributed by atoms with van der Waals surface area (Å²) in [6, 6.07) is 0. The van der Waals surface area contributed by atoms with Crippen LogP contribution in [0.15, 0.2) is 0 Å². The van der Waals surface area contributed by atoms with Gasteiger partial charge >= 0.3 is 5.28 Å². The predicted octanol–water partition coefficient (Wildman–Crippen LogP) is 2.84. The van der Waals surface area contributed by atoms with E-state index >= 15 is 0 Å². The summed E-state index contributed by atoms with van der Waals surface area (Å²) in [6.07, 6.45) is 0. The third kappa shape index (κ3) is 1.30. The van der Waals surface area contributed by atoms with Gasteiger partial charge in [-0.2, -0.15) is 2.78 Å². The van der Waals surface area contributed by atoms with Gasteiger partial charge in [0, 0.05) is 11.6 Å². The second-order valence-corrected chi connectivity index (χ2v) is 2.84. The van der Waals surface area contributed by atoms with E-state index < -0.39 is 0 Å². The molecule has 4 nitrogen and oxygen atoms in total. The molecular weight excluding hydrogens is 278 g/mol. The fraction of sp³-hybridized carbons (Fsp3) is 0. The minimum Gasteiger partial charge on any atom is -0.372 e. The standard InChI is InChI=1S/C5ClIN4/c1-8-3-4(9-2)11(7)5(6)10-3. The molecule has 0 N–H and O–H groups in total. The number of nitrogens with zero attached hydrogens (tertiary/aromatic N) is 4. The first-order chi connectivity index (χ1) is 5.20. The SMILES string of the molecule is [C-]#[N+]c1nc(Cl)n(I)c1[N+]#[C-]. The fourth-order valence-corrected chi connectivity index (χ4v) is 1.12. The molecule has 0 amide bonds. The highest BCUT2D eigenvalue weighted by Gasteiger charge is 2.17. The lowest BCUT2D eigenvalue weighted by atomic mass is 10.7. The van der Waals surface area contributed by atoms with E-state index in [2.05, 4.69) is 14.7 Å². The summed E-state index contributed by atoms with van der Waals surface area (Å²) in [6.45, 7) is 13.3. The van der Waals surface area contributed by atoms with E-state index in [1.807, 2.05) is 22.9 Å². The molecule has 0 aliphatic heterocycles. The molecule has 1 aromatic heterocycles. The average Bonchev–Trinajstić information content (AvgIpc) is 2.28. The quantitative estimate of drug-likeness (QED) is 0.529. The number of halogens is 2. The molecule has 0 aliphatic rings. The number of hydrogen-bond donors (Lipinski definition) is 0. The maximum absolute atomic E-state index is 6.70. The van der Waals surface area contributed by atoms with Crippen molar-refractivity contribution in [3.05, 3.63) is 28.1 Å². The van der Waals surface area contributed by atoms with Crippen LogP contribution in [0.25, 0.3) is 9.69 Å². The Kier molecular flexibility index (Phi) is 2.32. The van der Waals surface area contributed by atoms with Crippen molar-refractivity contribution < 1.29 is 0 Å². The number of aromatic nitrogens is 2. The topological polar surface area (TPSA) is 26.5 Å². The molecular formula is C5ClIN4. The Morgan fingerprint density at radius 2 is 2.09 bits per heavy atom. The van der Waals surface area contributed by atoms with Crippen LogP contribution in [0, 0.1) is 13.1 Å². The van der Waals surface area contributed by atoms with E-state index in [0.29, 0.717) is 0 Å². The highest BCUT2D eigenvalue weighted by atomic mass is 127. The van der Waals surface area contributed by atoms with E-state index in [9.17, 15) is 0 Å². The van der Waals surface area contributed by atoms with Crippen LogP contribution < -0.4 is 0 Å². The van der Waals surface area contributed by atoms with Gasteiger partial charge in [-0.1, -0.05) is 18.1 Å². The second-order valence-electron chi connectivity index (χ2n) is 1.53. The summed E-state index contributed by atoms with van der Waals surface area (Å²) in [5.74, 6) is 0.227. The monoisotopic (exact) mass is 278 g/mol. The zero-order valence-electron chi connectivity index (χ0n) is 5.04. The van der Waals surface area contributed by atoms with Crippen LogP contribution in [0.5, 0.6) is 0 Å². The average molecular weight is 278 g/mol. The molecule has 0 aliphatic carbocycles. The molecule has 11 heavy (non-hydrogen) atoms. The van der Waals surface area contributed by atoms with Gasteiger partial charge in [0.25, 0.3) is 11.6 Å². The number of rotatable bonds is 0. The van der Waals surface area contributed by atoms with Gasteiger partial charge in [-0.05, 0) is 0 Å². The van der Waals surface area contributed by atoms with Crippen LogP contribution in [-0.2, 0) is 0 Å². The summed E-state index contributed by atoms with van der Waals surface area (Å²) in [5, 5.41) is 0.155. The molecule has 0 saturated heterocycles. The Morgan fingerprint density at radius 3 is 2.45 bits per heavy atom. The Bertz CT molecular complexity index is 369.